The molecular formula is C14H27N3O. The highest BCUT2D eigenvalue weighted by Gasteiger charge is 2.34. The SMILES string of the molecule is COCCC1(CN=C(N)N(C)C2CC2)CCCC1. The topological polar surface area (TPSA) is 50.9 Å². The van der Waals surface area contributed by atoms with Gasteiger partial charge in [0.05, 0.1) is 0 Å². The molecule has 0 unspecified atom stereocenters. The summed E-state index contributed by atoms with van der Waals surface area (Å²) in [6.07, 6.45) is 8.87. The van der Waals surface area contributed by atoms with Crippen LogP contribution in [0, 0.1) is 5.41 Å². The molecule has 2 aliphatic carbocycles. The minimum Gasteiger partial charge on any atom is -0.385 e. The fourth-order valence-electron chi connectivity index (χ4n) is 2.94. The maximum atomic E-state index is 6.07. The van der Waals surface area contributed by atoms with Crippen LogP contribution in [0.25, 0.3) is 0 Å². The van der Waals surface area contributed by atoms with Gasteiger partial charge in [-0.05, 0) is 37.5 Å². The van der Waals surface area contributed by atoms with Gasteiger partial charge < -0.3 is 15.4 Å². The third-order valence-electron chi connectivity index (χ3n) is 4.53. The molecule has 104 valence electrons. The highest BCUT2D eigenvalue weighted by atomic mass is 16.5. The van der Waals surface area contributed by atoms with E-state index in [1.54, 1.807) is 7.11 Å². The molecule has 0 aliphatic heterocycles. The van der Waals surface area contributed by atoms with Crippen LogP contribution < -0.4 is 5.73 Å². The number of hydrogen-bond donors (Lipinski definition) is 1. The van der Waals surface area contributed by atoms with Crippen LogP contribution in [-0.4, -0.2) is 44.2 Å². The van der Waals surface area contributed by atoms with Crippen molar-refractivity contribution in [1.82, 2.24) is 4.90 Å². The van der Waals surface area contributed by atoms with Crippen molar-refractivity contribution in [3.63, 3.8) is 0 Å². The first-order valence-corrected chi connectivity index (χ1v) is 7.19. The van der Waals surface area contributed by atoms with Gasteiger partial charge in [0, 0.05) is 33.4 Å². The van der Waals surface area contributed by atoms with Gasteiger partial charge in [-0.1, -0.05) is 12.8 Å². The van der Waals surface area contributed by atoms with E-state index in [1.807, 2.05) is 0 Å². The Morgan fingerprint density at radius 2 is 2.06 bits per heavy atom. The Labute approximate surface area is 111 Å². The monoisotopic (exact) mass is 253 g/mol. The molecule has 0 radical (unpaired) electrons. The van der Waals surface area contributed by atoms with Gasteiger partial charge in [-0.3, -0.25) is 4.99 Å². The quantitative estimate of drug-likeness (QED) is 0.582. The van der Waals surface area contributed by atoms with Crippen molar-refractivity contribution < 1.29 is 4.74 Å². The van der Waals surface area contributed by atoms with Crippen molar-refractivity contribution in [2.75, 3.05) is 27.3 Å². The van der Waals surface area contributed by atoms with Crippen LogP contribution in [0.2, 0.25) is 0 Å². The van der Waals surface area contributed by atoms with Gasteiger partial charge in [-0.15, -0.1) is 0 Å². The minimum atomic E-state index is 0.352. The predicted molar refractivity (Wildman–Crippen MR) is 74.7 cm³/mol. The Hall–Kier alpha value is -0.770. The molecule has 2 rings (SSSR count). The van der Waals surface area contributed by atoms with E-state index in [2.05, 4.69) is 16.9 Å². The lowest BCUT2D eigenvalue weighted by Gasteiger charge is -2.27. The molecular weight excluding hydrogens is 226 g/mol. The van der Waals surface area contributed by atoms with Crippen molar-refractivity contribution in [3.05, 3.63) is 0 Å². The Morgan fingerprint density at radius 1 is 1.39 bits per heavy atom. The fourth-order valence-corrected chi connectivity index (χ4v) is 2.94. The van der Waals surface area contributed by atoms with Crippen LogP contribution in [0.5, 0.6) is 0 Å². The van der Waals surface area contributed by atoms with E-state index in [-0.39, 0.29) is 0 Å². The van der Waals surface area contributed by atoms with Crippen LogP contribution in [-0.2, 0) is 4.74 Å². The number of nitrogens with two attached hydrogens (primary N) is 1. The van der Waals surface area contributed by atoms with Crippen LogP contribution in [0.15, 0.2) is 4.99 Å². The zero-order valence-corrected chi connectivity index (χ0v) is 11.8. The summed E-state index contributed by atoms with van der Waals surface area (Å²) in [5.41, 5.74) is 6.42. The van der Waals surface area contributed by atoms with Crippen LogP contribution in [0.4, 0.5) is 0 Å². The zero-order valence-electron chi connectivity index (χ0n) is 11.8. The zero-order chi connectivity index (χ0) is 13.0. The third-order valence-corrected chi connectivity index (χ3v) is 4.53. The highest BCUT2D eigenvalue weighted by Crippen LogP contribution is 2.41. The van der Waals surface area contributed by atoms with Crippen LogP contribution in [0.3, 0.4) is 0 Å². The van der Waals surface area contributed by atoms with Crippen molar-refractivity contribution >= 4 is 5.96 Å². The highest BCUT2D eigenvalue weighted by molar-refractivity contribution is 5.78. The van der Waals surface area contributed by atoms with E-state index in [0.29, 0.717) is 11.5 Å². The molecule has 2 aliphatic rings. The number of rotatable bonds is 6. The molecule has 18 heavy (non-hydrogen) atoms. The molecule has 0 spiro atoms. The lowest BCUT2D eigenvalue weighted by molar-refractivity contribution is 0.141. The number of guanidine groups is 1. The van der Waals surface area contributed by atoms with Gasteiger partial charge in [0.25, 0.3) is 0 Å². The van der Waals surface area contributed by atoms with E-state index in [4.69, 9.17) is 10.5 Å². The minimum absolute atomic E-state index is 0.352. The van der Waals surface area contributed by atoms with E-state index in [1.165, 1.54) is 38.5 Å². The van der Waals surface area contributed by atoms with Gasteiger partial charge in [0.2, 0.25) is 0 Å². The standard InChI is InChI=1S/C14H27N3O/c1-17(12-5-6-12)13(15)16-11-14(9-10-18-2)7-3-4-8-14/h12H,3-11H2,1-2H3,(H2,15,16). The second-order valence-corrected chi connectivity index (χ2v) is 5.97. The summed E-state index contributed by atoms with van der Waals surface area (Å²) in [5, 5.41) is 0. The number of nitrogens with zero attached hydrogens (tertiary/aromatic N) is 2. The first kappa shape index (κ1) is 13.7. The second kappa shape index (κ2) is 5.91. The normalized spacial score (nSPS) is 23.3. The van der Waals surface area contributed by atoms with E-state index >= 15 is 0 Å². The molecule has 0 bridgehead atoms. The van der Waals surface area contributed by atoms with Crippen molar-refractivity contribution in [1.29, 1.82) is 0 Å². The number of methoxy groups -OCH3 is 1. The number of ether oxygens (including phenoxy) is 1. The molecule has 0 saturated heterocycles. The second-order valence-electron chi connectivity index (χ2n) is 5.97. The number of aliphatic imine (C=N–C) groups is 1. The maximum Gasteiger partial charge on any atom is 0.191 e. The molecule has 2 N–H and O–H groups in total. The number of hydrogen-bond acceptors (Lipinski definition) is 2. The van der Waals surface area contributed by atoms with Gasteiger partial charge in [-0.2, -0.15) is 0 Å². The smallest absolute Gasteiger partial charge is 0.191 e. The molecule has 0 aromatic rings. The van der Waals surface area contributed by atoms with E-state index in [9.17, 15) is 0 Å². The summed E-state index contributed by atoms with van der Waals surface area (Å²) in [7, 11) is 3.84. The Kier molecular flexibility index (Phi) is 4.49. The van der Waals surface area contributed by atoms with Gasteiger partial charge in [0.1, 0.15) is 0 Å². The molecule has 2 fully saturated rings. The van der Waals surface area contributed by atoms with Gasteiger partial charge in [-0.25, -0.2) is 0 Å². The average Bonchev–Trinajstić information content (AvgIpc) is 3.13. The lowest BCUT2D eigenvalue weighted by Crippen LogP contribution is -2.37. The molecule has 0 aromatic heterocycles. The lowest BCUT2D eigenvalue weighted by atomic mass is 9.83. The van der Waals surface area contributed by atoms with Crippen molar-refractivity contribution in [2.45, 2.75) is 51.0 Å². The summed E-state index contributed by atoms with van der Waals surface area (Å²) in [4.78, 5) is 6.80. The van der Waals surface area contributed by atoms with Gasteiger partial charge >= 0.3 is 0 Å². The average molecular weight is 253 g/mol. The molecule has 0 aromatic carbocycles. The van der Waals surface area contributed by atoms with Crippen molar-refractivity contribution in [3.8, 4) is 0 Å². The predicted octanol–water partition coefficient (Wildman–Crippen LogP) is 1.99. The first-order valence-electron chi connectivity index (χ1n) is 7.19. The molecule has 0 atom stereocenters. The van der Waals surface area contributed by atoms with E-state index in [0.717, 1.165) is 25.5 Å². The Morgan fingerprint density at radius 3 is 2.61 bits per heavy atom. The largest absolute Gasteiger partial charge is 0.385 e. The molecule has 4 heteroatoms. The summed E-state index contributed by atoms with van der Waals surface area (Å²) in [6, 6.07) is 0.646. The summed E-state index contributed by atoms with van der Waals surface area (Å²) >= 11 is 0. The summed E-state index contributed by atoms with van der Waals surface area (Å²) in [5.74, 6) is 0.723. The summed E-state index contributed by atoms with van der Waals surface area (Å²) < 4.78 is 5.24. The van der Waals surface area contributed by atoms with Crippen LogP contribution in [0.1, 0.15) is 44.9 Å². The summed E-state index contributed by atoms with van der Waals surface area (Å²) in [6.45, 7) is 1.72. The van der Waals surface area contributed by atoms with Gasteiger partial charge in [0.15, 0.2) is 5.96 Å². The molecule has 0 heterocycles. The van der Waals surface area contributed by atoms with E-state index < -0.39 is 0 Å². The molecule has 0 amide bonds. The molecule has 2 saturated carbocycles. The fraction of sp³-hybridized carbons (Fsp3) is 0.929. The Balaban J connectivity index is 1.89. The first-order chi connectivity index (χ1) is 8.67. The third kappa shape index (κ3) is 3.37. The van der Waals surface area contributed by atoms with Crippen molar-refractivity contribution in [2.24, 2.45) is 16.1 Å². The van der Waals surface area contributed by atoms with Crippen LogP contribution >= 0.6 is 0 Å². The Bertz CT molecular complexity index is 293. The maximum absolute atomic E-state index is 6.07. The molecule has 4 nitrogen and oxygen atoms in total.